The van der Waals surface area contributed by atoms with Gasteiger partial charge in [-0.2, -0.15) is 0 Å². The van der Waals surface area contributed by atoms with Gasteiger partial charge in [0.1, 0.15) is 0 Å². The normalized spacial score (nSPS) is 23.6. The first-order chi connectivity index (χ1) is 7.21. The van der Waals surface area contributed by atoms with Crippen LogP contribution in [-0.2, 0) is 0 Å². The molecule has 1 saturated heterocycles. The van der Waals surface area contributed by atoms with Crippen molar-refractivity contribution in [1.29, 1.82) is 0 Å². The molecule has 0 radical (unpaired) electrons. The summed E-state index contributed by atoms with van der Waals surface area (Å²) in [5, 5.41) is 0. The fourth-order valence-corrected chi connectivity index (χ4v) is 2.79. The lowest BCUT2D eigenvalue weighted by molar-refractivity contribution is 0.165. The summed E-state index contributed by atoms with van der Waals surface area (Å²) in [6, 6.07) is 0.358. The van der Waals surface area contributed by atoms with Gasteiger partial charge in [-0.05, 0) is 51.5 Å². The lowest BCUT2D eigenvalue weighted by atomic mass is 9.87. The summed E-state index contributed by atoms with van der Waals surface area (Å²) >= 11 is 0. The van der Waals surface area contributed by atoms with Crippen LogP contribution in [0.15, 0.2) is 0 Å². The number of nitrogens with zero attached hydrogens (tertiary/aromatic N) is 1. The fraction of sp³-hybridized carbons (Fsp3) is 1.00. The maximum Gasteiger partial charge on any atom is 0.0153 e. The Bertz CT molecular complexity index is 215. The van der Waals surface area contributed by atoms with Gasteiger partial charge < -0.3 is 5.73 Å². The van der Waals surface area contributed by atoms with Crippen LogP contribution in [0.1, 0.15) is 60.3 Å². The van der Waals surface area contributed by atoms with E-state index in [1.54, 1.807) is 0 Å². The van der Waals surface area contributed by atoms with E-state index in [0.29, 0.717) is 17.0 Å². The average Bonchev–Trinajstić information content (AvgIpc) is 2.38. The molecule has 1 heterocycles. The van der Waals surface area contributed by atoms with E-state index in [1.165, 1.54) is 25.9 Å². The summed E-state index contributed by atoms with van der Waals surface area (Å²) in [5.41, 5.74) is 6.97. The van der Waals surface area contributed by atoms with Crippen LogP contribution in [0.2, 0.25) is 0 Å². The van der Waals surface area contributed by atoms with E-state index in [9.17, 15) is 0 Å². The minimum atomic E-state index is 0.358. The van der Waals surface area contributed by atoms with E-state index in [1.807, 2.05) is 0 Å². The van der Waals surface area contributed by atoms with Crippen LogP contribution >= 0.6 is 0 Å². The second kappa shape index (κ2) is 5.05. The van der Waals surface area contributed by atoms with E-state index >= 15 is 0 Å². The van der Waals surface area contributed by atoms with Crippen molar-refractivity contribution >= 4 is 0 Å². The van der Waals surface area contributed by atoms with Crippen LogP contribution in [0.3, 0.4) is 0 Å². The van der Waals surface area contributed by atoms with E-state index < -0.39 is 0 Å². The van der Waals surface area contributed by atoms with Gasteiger partial charge in [0.2, 0.25) is 0 Å². The molecule has 96 valence electrons. The fourth-order valence-electron chi connectivity index (χ4n) is 2.79. The largest absolute Gasteiger partial charge is 0.328 e. The molecule has 0 saturated carbocycles. The van der Waals surface area contributed by atoms with Gasteiger partial charge in [-0.3, -0.25) is 4.90 Å². The Labute approximate surface area is 102 Å². The third kappa shape index (κ3) is 4.42. The van der Waals surface area contributed by atoms with Crippen molar-refractivity contribution in [1.82, 2.24) is 4.90 Å². The topological polar surface area (TPSA) is 29.3 Å². The van der Waals surface area contributed by atoms with Crippen LogP contribution in [0.25, 0.3) is 0 Å². The van der Waals surface area contributed by atoms with Crippen molar-refractivity contribution in [3.63, 3.8) is 0 Å². The van der Waals surface area contributed by atoms with Gasteiger partial charge in [0.05, 0.1) is 0 Å². The third-order valence-corrected chi connectivity index (χ3v) is 3.72. The molecule has 1 aliphatic heterocycles. The molecular weight excluding hydrogens is 196 g/mol. The van der Waals surface area contributed by atoms with E-state index in [4.69, 9.17) is 5.73 Å². The smallest absolute Gasteiger partial charge is 0.0153 e. The van der Waals surface area contributed by atoms with Crippen LogP contribution in [0.4, 0.5) is 0 Å². The highest BCUT2D eigenvalue weighted by molar-refractivity contribution is 4.88. The Morgan fingerprint density at radius 2 is 1.94 bits per heavy atom. The molecule has 2 heteroatoms. The van der Waals surface area contributed by atoms with Gasteiger partial charge in [0.25, 0.3) is 0 Å². The van der Waals surface area contributed by atoms with E-state index in [2.05, 4.69) is 39.5 Å². The molecule has 1 unspecified atom stereocenters. The molecule has 16 heavy (non-hydrogen) atoms. The first kappa shape index (κ1) is 14.0. The molecule has 1 rings (SSSR count). The maximum absolute atomic E-state index is 6.20. The molecule has 0 aromatic heterocycles. The highest BCUT2D eigenvalue weighted by atomic mass is 15.2. The zero-order valence-electron chi connectivity index (χ0n) is 11.8. The Morgan fingerprint density at radius 3 is 2.38 bits per heavy atom. The number of rotatable bonds is 4. The van der Waals surface area contributed by atoms with Gasteiger partial charge in [-0.15, -0.1) is 0 Å². The molecule has 1 fully saturated rings. The van der Waals surface area contributed by atoms with E-state index in [-0.39, 0.29) is 0 Å². The standard InChI is InChI=1S/C14H30N2/c1-13(2,3)11-12(15)7-10-16-9-6-8-14(16,4)5/h12H,6-11,15H2,1-5H3. The number of hydrogen-bond donors (Lipinski definition) is 1. The molecule has 0 aromatic rings. The van der Waals surface area contributed by atoms with Crippen LogP contribution in [-0.4, -0.2) is 29.6 Å². The van der Waals surface area contributed by atoms with Crippen molar-refractivity contribution in [2.75, 3.05) is 13.1 Å². The van der Waals surface area contributed by atoms with Crippen molar-refractivity contribution in [2.45, 2.75) is 71.9 Å². The highest BCUT2D eigenvalue weighted by Crippen LogP contribution is 2.29. The summed E-state index contributed by atoms with van der Waals surface area (Å²) in [6.07, 6.45) is 4.95. The monoisotopic (exact) mass is 226 g/mol. The second-order valence-electron chi connectivity index (χ2n) is 7.22. The second-order valence-corrected chi connectivity index (χ2v) is 7.22. The minimum Gasteiger partial charge on any atom is -0.328 e. The van der Waals surface area contributed by atoms with Gasteiger partial charge in [-0.1, -0.05) is 20.8 Å². The van der Waals surface area contributed by atoms with Crippen molar-refractivity contribution < 1.29 is 0 Å². The first-order valence-electron chi connectivity index (χ1n) is 6.71. The van der Waals surface area contributed by atoms with Gasteiger partial charge in [0.15, 0.2) is 0 Å². The van der Waals surface area contributed by atoms with Crippen LogP contribution in [0.5, 0.6) is 0 Å². The SMILES string of the molecule is CC(C)(C)CC(N)CCN1CCCC1(C)C. The molecule has 0 aliphatic carbocycles. The molecule has 1 aliphatic rings. The van der Waals surface area contributed by atoms with Gasteiger partial charge in [-0.25, -0.2) is 0 Å². The van der Waals surface area contributed by atoms with Crippen LogP contribution in [0, 0.1) is 5.41 Å². The highest BCUT2D eigenvalue weighted by Gasteiger charge is 2.31. The molecule has 2 N–H and O–H groups in total. The lowest BCUT2D eigenvalue weighted by Crippen LogP contribution is -2.41. The van der Waals surface area contributed by atoms with Crippen molar-refractivity contribution in [3.05, 3.63) is 0 Å². The zero-order chi connectivity index (χ0) is 12.4. The molecule has 0 aromatic carbocycles. The van der Waals surface area contributed by atoms with Gasteiger partial charge in [0, 0.05) is 18.1 Å². The molecular formula is C14H30N2. The number of hydrogen-bond acceptors (Lipinski definition) is 2. The summed E-state index contributed by atoms with van der Waals surface area (Å²) < 4.78 is 0. The minimum absolute atomic E-state index is 0.358. The molecule has 0 bridgehead atoms. The predicted molar refractivity (Wildman–Crippen MR) is 71.6 cm³/mol. The Kier molecular flexibility index (Phi) is 4.42. The first-order valence-corrected chi connectivity index (χ1v) is 6.71. The van der Waals surface area contributed by atoms with Crippen LogP contribution < -0.4 is 5.73 Å². The average molecular weight is 226 g/mol. The Morgan fingerprint density at radius 1 is 1.31 bits per heavy atom. The predicted octanol–water partition coefficient (Wildman–Crippen LogP) is 3.01. The summed E-state index contributed by atoms with van der Waals surface area (Å²) in [6.45, 7) is 14.0. The third-order valence-electron chi connectivity index (χ3n) is 3.72. The zero-order valence-corrected chi connectivity index (χ0v) is 11.8. The van der Waals surface area contributed by atoms with Crippen molar-refractivity contribution in [3.8, 4) is 0 Å². The Balaban J connectivity index is 2.29. The summed E-state index contributed by atoms with van der Waals surface area (Å²) in [7, 11) is 0. The molecule has 2 nitrogen and oxygen atoms in total. The molecule has 0 amide bonds. The van der Waals surface area contributed by atoms with E-state index in [0.717, 1.165) is 12.8 Å². The number of nitrogens with two attached hydrogens (primary N) is 1. The summed E-state index contributed by atoms with van der Waals surface area (Å²) in [4.78, 5) is 2.61. The lowest BCUT2D eigenvalue weighted by Gasteiger charge is -2.33. The maximum atomic E-state index is 6.20. The summed E-state index contributed by atoms with van der Waals surface area (Å²) in [5.74, 6) is 0. The quantitative estimate of drug-likeness (QED) is 0.798. The van der Waals surface area contributed by atoms with Crippen molar-refractivity contribution in [2.24, 2.45) is 11.1 Å². The Hall–Kier alpha value is -0.0800. The number of likely N-dealkylation sites (tertiary alicyclic amines) is 1. The van der Waals surface area contributed by atoms with Gasteiger partial charge >= 0.3 is 0 Å². The molecule has 1 atom stereocenters. The molecule has 0 spiro atoms.